The van der Waals surface area contributed by atoms with E-state index in [9.17, 15) is 0 Å². The molecule has 1 atom stereocenters. The maximum atomic E-state index is 4.74. The van der Waals surface area contributed by atoms with Gasteiger partial charge in [-0.25, -0.2) is 9.67 Å². The average Bonchev–Trinajstić information content (AvgIpc) is 3.16. The Hall–Kier alpha value is -3.27. The van der Waals surface area contributed by atoms with Gasteiger partial charge in [-0.15, -0.1) is 0 Å². The maximum absolute atomic E-state index is 4.74. The van der Waals surface area contributed by atoms with E-state index in [0.717, 1.165) is 17.7 Å². The number of nitrogens with zero attached hydrogens (tertiary/aromatic N) is 4. The van der Waals surface area contributed by atoms with Crippen LogP contribution in [0.15, 0.2) is 84.1 Å². The quantitative estimate of drug-likeness (QED) is 0.543. The van der Waals surface area contributed by atoms with Crippen LogP contribution in [0.3, 0.4) is 0 Å². The molecule has 0 N–H and O–H groups in total. The van der Waals surface area contributed by atoms with Crippen molar-refractivity contribution >= 4 is 22.4 Å². The van der Waals surface area contributed by atoms with Gasteiger partial charge in [0.25, 0.3) is 0 Å². The van der Waals surface area contributed by atoms with Gasteiger partial charge in [0, 0.05) is 6.42 Å². The molecule has 1 aromatic heterocycles. The van der Waals surface area contributed by atoms with E-state index < -0.39 is 0 Å². The molecule has 120 valence electrons. The minimum atomic E-state index is 0.0938. The molecule has 0 amide bonds. The van der Waals surface area contributed by atoms with Crippen LogP contribution in [0.25, 0.3) is 10.8 Å². The molecule has 0 bridgehead atoms. The van der Waals surface area contributed by atoms with Crippen LogP contribution in [0, 0.1) is 0 Å². The molecule has 4 aromatic rings. The average molecular weight is 324 g/mol. The highest BCUT2D eigenvalue weighted by molar-refractivity contribution is 6.03. The first-order valence-electron chi connectivity index (χ1n) is 8.40. The molecular formula is C21H16N4. The van der Waals surface area contributed by atoms with Gasteiger partial charge < -0.3 is 0 Å². The fourth-order valence-corrected chi connectivity index (χ4v) is 3.58. The first-order valence-corrected chi connectivity index (χ1v) is 8.40. The summed E-state index contributed by atoms with van der Waals surface area (Å²) < 4.78 is 1.94. The number of aromatic nitrogens is 3. The second-order valence-electron chi connectivity index (χ2n) is 6.22. The zero-order valence-corrected chi connectivity index (χ0v) is 13.6. The lowest BCUT2D eigenvalue weighted by Gasteiger charge is -2.25. The molecule has 25 heavy (non-hydrogen) atoms. The minimum Gasteiger partial charge on any atom is -0.222 e. The zero-order chi connectivity index (χ0) is 16.6. The van der Waals surface area contributed by atoms with E-state index in [1.807, 2.05) is 22.9 Å². The number of hydrogen-bond donors (Lipinski definition) is 0. The molecule has 1 aliphatic rings. The van der Waals surface area contributed by atoms with E-state index in [0.29, 0.717) is 5.95 Å². The van der Waals surface area contributed by atoms with Gasteiger partial charge in [0.05, 0.1) is 11.8 Å². The summed E-state index contributed by atoms with van der Waals surface area (Å²) in [5, 5.41) is 6.94. The molecular weight excluding hydrogens is 308 g/mol. The summed E-state index contributed by atoms with van der Waals surface area (Å²) in [4.78, 5) is 9.09. The van der Waals surface area contributed by atoms with E-state index in [1.54, 1.807) is 6.33 Å². The molecule has 0 aliphatic carbocycles. The number of aliphatic imine (C=N–C) groups is 1. The lowest BCUT2D eigenvalue weighted by Crippen LogP contribution is -2.21. The lowest BCUT2D eigenvalue weighted by molar-refractivity contribution is 0.534. The Morgan fingerprint density at radius 2 is 1.64 bits per heavy atom. The maximum Gasteiger partial charge on any atom is 0.248 e. The van der Waals surface area contributed by atoms with Crippen molar-refractivity contribution in [1.29, 1.82) is 0 Å². The van der Waals surface area contributed by atoms with Crippen molar-refractivity contribution in [3.63, 3.8) is 0 Å². The molecule has 3 aromatic carbocycles. The van der Waals surface area contributed by atoms with Gasteiger partial charge >= 0.3 is 0 Å². The Morgan fingerprint density at radius 3 is 2.56 bits per heavy atom. The van der Waals surface area contributed by atoms with Crippen LogP contribution < -0.4 is 0 Å². The first-order chi connectivity index (χ1) is 12.4. The number of benzene rings is 3. The molecule has 0 fully saturated rings. The van der Waals surface area contributed by atoms with Gasteiger partial charge in [-0.1, -0.05) is 72.8 Å². The molecule has 0 saturated carbocycles. The molecule has 0 saturated heterocycles. The van der Waals surface area contributed by atoms with Crippen LogP contribution in [0.1, 0.15) is 23.6 Å². The van der Waals surface area contributed by atoms with E-state index in [4.69, 9.17) is 4.99 Å². The van der Waals surface area contributed by atoms with Crippen molar-refractivity contribution in [3.05, 3.63) is 90.3 Å². The van der Waals surface area contributed by atoms with Gasteiger partial charge in [0.1, 0.15) is 6.33 Å². The van der Waals surface area contributed by atoms with Gasteiger partial charge in [0.2, 0.25) is 5.95 Å². The van der Waals surface area contributed by atoms with Crippen molar-refractivity contribution in [3.8, 4) is 0 Å². The summed E-state index contributed by atoms with van der Waals surface area (Å²) in [6.45, 7) is 0. The predicted octanol–water partition coefficient (Wildman–Crippen LogP) is 4.55. The lowest BCUT2D eigenvalue weighted by atomic mass is 9.92. The van der Waals surface area contributed by atoms with Crippen LogP contribution >= 0.6 is 0 Å². The van der Waals surface area contributed by atoms with Crippen molar-refractivity contribution in [1.82, 2.24) is 14.8 Å². The van der Waals surface area contributed by atoms with Crippen LogP contribution in [0.5, 0.6) is 0 Å². The Morgan fingerprint density at radius 1 is 0.840 bits per heavy atom. The Balaban J connectivity index is 1.68. The summed E-state index contributed by atoms with van der Waals surface area (Å²) in [5.41, 5.74) is 3.45. The smallest absolute Gasteiger partial charge is 0.222 e. The normalized spacial score (nSPS) is 16.5. The van der Waals surface area contributed by atoms with Crippen molar-refractivity contribution in [2.24, 2.45) is 4.99 Å². The van der Waals surface area contributed by atoms with Crippen LogP contribution in [-0.2, 0) is 0 Å². The minimum absolute atomic E-state index is 0.0938. The second-order valence-corrected chi connectivity index (χ2v) is 6.22. The zero-order valence-electron chi connectivity index (χ0n) is 13.6. The van der Waals surface area contributed by atoms with E-state index >= 15 is 0 Å². The van der Waals surface area contributed by atoms with Gasteiger partial charge in [-0.3, -0.25) is 0 Å². The second kappa shape index (κ2) is 5.67. The van der Waals surface area contributed by atoms with Crippen LogP contribution in [0.2, 0.25) is 0 Å². The monoisotopic (exact) mass is 324 g/mol. The first kappa shape index (κ1) is 14.1. The predicted molar refractivity (Wildman–Crippen MR) is 99.4 cm³/mol. The van der Waals surface area contributed by atoms with Crippen molar-refractivity contribution in [2.75, 3.05) is 0 Å². The molecule has 0 radical (unpaired) electrons. The van der Waals surface area contributed by atoms with Gasteiger partial charge in [-0.05, 0) is 21.9 Å². The molecule has 4 heteroatoms. The van der Waals surface area contributed by atoms with Crippen molar-refractivity contribution in [2.45, 2.75) is 12.5 Å². The highest BCUT2D eigenvalue weighted by atomic mass is 15.4. The fourth-order valence-electron chi connectivity index (χ4n) is 3.58. The third-order valence-corrected chi connectivity index (χ3v) is 4.76. The number of rotatable bonds is 2. The van der Waals surface area contributed by atoms with Crippen molar-refractivity contribution < 1.29 is 0 Å². The van der Waals surface area contributed by atoms with Crippen LogP contribution in [0.4, 0.5) is 5.95 Å². The molecule has 0 spiro atoms. The van der Waals surface area contributed by atoms with E-state index in [1.165, 1.54) is 16.3 Å². The summed E-state index contributed by atoms with van der Waals surface area (Å²) in [7, 11) is 0. The van der Waals surface area contributed by atoms with Crippen LogP contribution in [-0.4, -0.2) is 20.5 Å². The summed E-state index contributed by atoms with van der Waals surface area (Å²) >= 11 is 0. The number of hydrogen-bond acceptors (Lipinski definition) is 3. The molecule has 1 unspecified atom stereocenters. The topological polar surface area (TPSA) is 43.1 Å². The third kappa shape index (κ3) is 2.34. The van der Waals surface area contributed by atoms with Gasteiger partial charge in [0.15, 0.2) is 0 Å². The molecule has 5 rings (SSSR count). The third-order valence-electron chi connectivity index (χ3n) is 4.76. The highest BCUT2D eigenvalue weighted by Crippen LogP contribution is 2.35. The Labute approximate surface area is 145 Å². The summed E-state index contributed by atoms with van der Waals surface area (Å²) in [6, 6.07) is 25.3. The summed E-state index contributed by atoms with van der Waals surface area (Å²) in [6.07, 6.45) is 2.39. The summed E-state index contributed by atoms with van der Waals surface area (Å²) in [5.74, 6) is 0.669. The SMILES string of the molecule is c1ccc(C2=Nc3ncnn3C(c3cccc4ccccc34)C2)cc1. The number of fused-ring (bicyclic) bond motifs is 2. The highest BCUT2D eigenvalue weighted by Gasteiger charge is 2.27. The van der Waals surface area contributed by atoms with Gasteiger partial charge in [-0.2, -0.15) is 10.1 Å². The standard InChI is InChI=1S/C21H16N4/c1-2-8-16(9-3-1)19-13-20(25-21(24-19)22-14-23-25)18-12-6-10-15-7-4-5-11-17(15)18/h1-12,14,20H,13H2. The Kier molecular flexibility index (Phi) is 3.20. The van der Waals surface area contributed by atoms with E-state index in [2.05, 4.69) is 64.7 Å². The molecule has 1 aliphatic heterocycles. The van der Waals surface area contributed by atoms with E-state index in [-0.39, 0.29) is 6.04 Å². The fraction of sp³-hybridized carbons (Fsp3) is 0.0952. The Bertz CT molecular complexity index is 1070. The molecule has 4 nitrogen and oxygen atoms in total. The molecule has 2 heterocycles. The largest absolute Gasteiger partial charge is 0.248 e.